The molecule has 1 fully saturated rings. The van der Waals surface area contributed by atoms with E-state index in [1.807, 2.05) is 37.3 Å². The lowest BCUT2D eigenvalue weighted by atomic mass is 10.0. The van der Waals surface area contributed by atoms with Crippen molar-refractivity contribution >= 4 is 5.69 Å². The van der Waals surface area contributed by atoms with Gasteiger partial charge in [-0.15, -0.1) is 0 Å². The maximum absolute atomic E-state index is 9.94. The van der Waals surface area contributed by atoms with E-state index in [1.165, 1.54) is 11.3 Å². The summed E-state index contributed by atoms with van der Waals surface area (Å²) in [6, 6.07) is 16.4. The molecule has 3 rings (SSSR count). The van der Waals surface area contributed by atoms with Crippen molar-refractivity contribution in [2.45, 2.75) is 19.6 Å². The van der Waals surface area contributed by atoms with E-state index in [4.69, 9.17) is 4.74 Å². The number of piperazine rings is 1. The predicted octanol–water partition coefficient (Wildman–Crippen LogP) is 3.07. The molecule has 0 amide bonds. The normalized spacial score (nSPS) is 16.9. The first-order valence-corrected chi connectivity index (χ1v) is 8.55. The second kappa shape index (κ2) is 7.69. The molecule has 4 nitrogen and oxygen atoms in total. The van der Waals surface area contributed by atoms with Crippen LogP contribution in [-0.2, 0) is 6.54 Å². The number of aliphatic hydroxyl groups is 1. The second-order valence-electron chi connectivity index (χ2n) is 6.31. The number of nitrogens with zero attached hydrogens (tertiary/aromatic N) is 2. The molecule has 1 saturated heterocycles. The van der Waals surface area contributed by atoms with Gasteiger partial charge in [-0.3, -0.25) is 4.90 Å². The molecular formula is C20H26N2O2. The molecule has 1 N–H and O–H groups in total. The summed E-state index contributed by atoms with van der Waals surface area (Å²) in [6.45, 7) is 6.70. The molecule has 4 heteroatoms. The molecule has 2 aromatic rings. The molecule has 24 heavy (non-hydrogen) atoms. The Morgan fingerprint density at radius 2 is 1.67 bits per heavy atom. The van der Waals surface area contributed by atoms with Crippen LogP contribution >= 0.6 is 0 Å². The van der Waals surface area contributed by atoms with Crippen molar-refractivity contribution in [3.63, 3.8) is 0 Å². The lowest BCUT2D eigenvalue weighted by Gasteiger charge is -2.37. The van der Waals surface area contributed by atoms with Crippen LogP contribution in [0.15, 0.2) is 48.5 Å². The van der Waals surface area contributed by atoms with Crippen molar-refractivity contribution in [3.8, 4) is 5.75 Å². The van der Waals surface area contributed by atoms with Crippen LogP contribution in [0.1, 0.15) is 24.2 Å². The van der Waals surface area contributed by atoms with Crippen molar-refractivity contribution in [2.24, 2.45) is 0 Å². The average Bonchev–Trinajstić information content (AvgIpc) is 2.62. The second-order valence-corrected chi connectivity index (χ2v) is 6.31. The van der Waals surface area contributed by atoms with Crippen LogP contribution in [0.25, 0.3) is 0 Å². The highest BCUT2D eigenvalue weighted by Gasteiger charge is 2.20. The quantitative estimate of drug-likeness (QED) is 0.916. The molecule has 128 valence electrons. The molecule has 0 aromatic heterocycles. The van der Waals surface area contributed by atoms with E-state index in [0.29, 0.717) is 0 Å². The third-order valence-electron chi connectivity index (χ3n) is 4.70. The highest BCUT2D eigenvalue weighted by molar-refractivity contribution is 5.58. The average molecular weight is 326 g/mol. The lowest BCUT2D eigenvalue weighted by Crippen LogP contribution is -2.46. The number of hydrogen-bond acceptors (Lipinski definition) is 4. The van der Waals surface area contributed by atoms with E-state index in [9.17, 15) is 5.11 Å². The maximum atomic E-state index is 9.94. The van der Waals surface area contributed by atoms with Gasteiger partial charge in [0.2, 0.25) is 0 Å². The van der Waals surface area contributed by atoms with Crippen LogP contribution in [0.2, 0.25) is 0 Å². The fourth-order valence-corrected chi connectivity index (χ4v) is 3.36. The predicted molar refractivity (Wildman–Crippen MR) is 97.6 cm³/mol. The topological polar surface area (TPSA) is 35.9 Å². The Hall–Kier alpha value is -2.04. The van der Waals surface area contributed by atoms with Crippen molar-refractivity contribution in [1.29, 1.82) is 0 Å². The van der Waals surface area contributed by atoms with Gasteiger partial charge in [0, 0.05) is 32.7 Å². The van der Waals surface area contributed by atoms with Gasteiger partial charge in [0.15, 0.2) is 0 Å². The summed E-state index contributed by atoms with van der Waals surface area (Å²) in [5.74, 6) is 0.936. The first-order valence-electron chi connectivity index (χ1n) is 8.55. The smallest absolute Gasteiger partial charge is 0.142 e. The monoisotopic (exact) mass is 326 g/mol. The van der Waals surface area contributed by atoms with Crippen LogP contribution in [0.4, 0.5) is 5.69 Å². The Kier molecular flexibility index (Phi) is 5.38. The van der Waals surface area contributed by atoms with Crippen LogP contribution < -0.4 is 9.64 Å². The molecule has 0 spiro atoms. The molecule has 1 atom stereocenters. The Bertz CT molecular complexity index is 664. The molecule has 1 heterocycles. The fourth-order valence-electron chi connectivity index (χ4n) is 3.36. The highest BCUT2D eigenvalue weighted by Crippen LogP contribution is 2.28. The van der Waals surface area contributed by atoms with E-state index in [1.54, 1.807) is 7.11 Å². The molecule has 2 aromatic carbocycles. The zero-order valence-electron chi connectivity index (χ0n) is 14.5. The van der Waals surface area contributed by atoms with Gasteiger partial charge >= 0.3 is 0 Å². The van der Waals surface area contributed by atoms with Gasteiger partial charge in [0.1, 0.15) is 5.75 Å². The van der Waals surface area contributed by atoms with Crippen LogP contribution in [-0.4, -0.2) is 43.3 Å². The van der Waals surface area contributed by atoms with Crippen LogP contribution in [0.5, 0.6) is 5.75 Å². The van der Waals surface area contributed by atoms with Gasteiger partial charge in [-0.2, -0.15) is 0 Å². The molecule has 0 bridgehead atoms. The molecule has 0 saturated carbocycles. The Morgan fingerprint density at radius 1 is 1.00 bits per heavy atom. The molecule has 1 unspecified atom stereocenters. The molecule has 0 radical (unpaired) electrons. The van der Waals surface area contributed by atoms with Gasteiger partial charge < -0.3 is 14.7 Å². The zero-order valence-corrected chi connectivity index (χ0v) is 14.5. The Balaban J connectivity index is 1.64. The largest absolute Gasteiger partial charge is 0.495 e. The number of methoxy groups -OCH3 is 1. The van der Waals surface area contributed by atoms with Crippen molar-refractivity contribution in [3.05, 3.63) is 59.7 Å². The third-order valence-corrected chi connectivity index (χ3v) is 4.70. The summed E-state index contributed by atoms with van der Waals surface area (Å²) in [4.78, 5) is 4.84. The minimum absolute atomic E-state index is 0.420. The van der Waals surface area contributed by atoms with Gasteiger partial charge in [0.25, 0.3) is 0 Å². The SMILES string of the molecule is COc1ccccc1N1CCN(Cc2ccccc2C(C)O)CC1. The maximum Gasteiger partial charge on any atom is 0.142 e. The molecule has 0 aliphatic carbocycles. The molecular weight excluding hydrogens is 300 g/mol. The number of benzene rings is 2. The molecule has 1 aliphatic rings. The Morgan fingerprint density at radius 3 is 2.38 bits per heavy atom. The van der Waals surface area contributed by atoms with Crippen molar-refractivity contribution < 1.29 is 9.84 Å². The van der Waals surface area contributed by atoms with E-state index < -0.39 is 6.10 Å². The third kappa shape index (κ3) is 3.71. The van der Waals surface area contributed by atoms with Gasteiger partial charge in [-0.25, -0.2) is 0 Å². The number of ether oxygens (including phenoxy) is 1. The number of para-hydroxylation sites is 2. The first-order chi connectivity index (χ1) is 11.7. The summed E-state index contributed by atoms with van der Waals surface area (Å²) in [5.41, 5.74) is 3.42. The van der Waals surface area contributed by atoms with E-state index in [0.717, 1.165) is 44.0 Å². The van der Waals surface area contributed by atoms with Crippen LogP contribution in [0.3, 0.4) is 0 Å². The summed E-state index contributed by atoms with van der Waals surface area (Å²) in [6.07, 6.45) is -0.420. The minimum Gasteiger partial charge on any atom is -0.495 e. The first kappa shape index (κ1) is 16.8. The van der Waals surface area contributed by atoms with E-state index in [2.05, 4.69) is 28.0 Å². The summed E-state index contributed by atoms with van der Waals surface area (Å²) in [5, 5.41) is 9.94. The summed E-state index contributed by atoms with van der Waals surface area (Å²) in [7, 11) is 1.72. The van der Waals surface area contributed by atoms with E-state index in [-0.39, 0.29) is 0 Å². The summed E-state index contributed by atoms with van der Waals surface area (Å²) < 4.78 is 5.48. The Labute approximate surface area is 144 Å². The number of aliphatic hydroxyl groups excluding tert-OH is 1. The van der Waals surface area contributed by atoms with Crippen molar-refractivity contribution in [2.75, 3.05) is 38.2 Å². The standard InChI is InChI=1S/C20H26N2O2/c1-16(23)18-8-4-3-7-17(18)15-21-11-13-22(14-12-21)19-9-5-6-10-20(19)24-2/h3-10,16,23H,11-15H2,1-2H3. The van der Waals surface area contributed by atoms with Crippen LogP contribution in [0, 0.1) is 0 Å². The fraction of sp³-hybridized carbons (Fsp3) is 0.400. The minimum atomic E-state index is -0.420. The summed E-state index contributed by atoms with van der Waals surface area (Å²) >= 11 is 0. The van der Waals surface area contributed by atoms with Gasteiger partial charge in [-0.05, 0) is 30.2 Å². The number of anilines is 1. The molecule has 1 aliphatic heterocycles. The van der Waals surface area contributed by atoms with E-state index >= 15 is 0 Å². The highest BCUT2D eigenvalue weighted by atomic mass is 16.5. The lowest BCUT2D eigenvalue weighted by molar-refractivity contribution is 0.193. The zero-order chi connectivity index (χ0) is 16.9. The van der Waals surface area contributed by atoms with Gasteiger partial charge in [0.05, 0.1) is 18.9 Å². The number of rotatable bonds is 5. The number of hydrogen-bond donors (Lipinski definition) is 1. The van der Waals surface area contributed by atoms with Crippen molar-refractivity contribution in [1.82, 2.24) is 4.90 Å². The van der Waals surface area contributed by atoms with Gasteiger partial charge in [-0.1, -0.05) is 36.4 Å².